The molecule has 0 fully saturated rings. The quantitative estimate of drug-likeness (QED) is 0.869. The first-order chi connectivity index (χ1) is 8.25. The number of hydrogen-bond acceptors (Lipinski definition) is 4. The van der Waals surface area contributed by atoms with Gasteiger partial charge in [0, 0.05) is 29.7 Å². The zero-order chi connectivity index (χ0) is 12.1. The van der Waals surface area contributed by atoms with E-state index in [4.69, 9.17) is 5.73 Å². The van der Waals surface area contributed by atoms with Crippen LogP contribution in [0.2, 0.25) is 0 Å². The molecule has 2 heterocycles. The van der Waals surface area contributed by atoms with Crippen molar-refractivity contribution in [3.63, 3.8) is 0 Å². The molecule has 86 valence electrons. The van der Waals surface area contributed by atoms with Crippen molar-refractivity contribution in [1.29, 1.82) is 0 Å². The van der Waals surface area contributed by atoms with Gasteiger partial charge in [-0.15, -0.1) is 0 Å². The van der Waals surface area contributed by atoms with Crippen molar-refractivity contribution in [2.75, 3.05) is 0 Å². The summed E-state index contributed by atoms with van der Waals surface area (Å²) >= 11 is 0. The molecule has 0 saturated heterocycles. The average molecular weight is 229 g/mol. The van der Waals surface area contributed by atoms with E-state index in [1.54, 1.807) is 18.6 Å². The lowest BCUT2D eigenvalue weighted by Crippen LogP contribution is -2.12. The molecule has 17 heavy (non-hydrogen) atoms. The Bertz CT molecular complexity index is 497. The van der Waals surface area contributed by atoms with Crippen LogP contribution in [0.3, 0.4) is 0 Å². The lowest BCUT2D eigenvalue weighted by atomic mass is 10.2. The van der Waals surface area contributed by atoms with Gasteiger partial charge >= 0.3 is 6.09 Å². The molecule has 5 nitrogen and oxygen atoms in total. The van der Waals surface area contributed by atoms with Crippen LogP contribution in [-0.2, 0) is 11.3 Å². The molecule has 0 aliphatic rings. The van der Waals surface area contributed by atoms with Gasteiger partial charge in [-0.05, 0) is 18.2 Å². The van der Waals surface area contributed by atoms with Crippen molar-refractivity contribution < 1.29 is 9.53 Å². The molecule has 5 heteroatoms. The minimum atomic E-state index is -0.790. The fourth-order valence-corrected chi connectivity index (χ4v) is 1.35. The molecule has 0 aliphatic heterocycles. The standard InChI is InChI=1S/C12H11N3O2/c13-12(16)17-8-9-3-4-11(15-6-9)10-2-1-5-14-7-10/h1-7H,8H2,(H2,13,16). The summed E-state index contributed by atoms with van der Waals surface area (Å²) in [6, 6.07) is 7.45. The van der Waals surface area contributed by atoms with E-state index in [1.807, 2.05) is 24.3 Å². The number of ether oxygens (including phenoxy) is 1. The molecule has 2 aromatic rings. The number of pyridine rings is 2. The molecule has 2 N–H and O–H groups in total. The number of primary amides is 1. The molecule has 0 spiro atoms. The first kappa shape index (κ1) is 11.1. The summed E-state index contributed by atoms with van der Waals surface area (Å²) in [6.07, 6.45) is 4.30. The zero-order valence-corrected chi connectivity index (χ0v) is 9.04. The van der Waals surface area contributed by atoms with E-state index in [-0.39, 0.29) is 6.61 Å². The lowest BCUT2D eigenvalue weighted by Gasteiger charge is -2.03. The Kier molecular flexibility index (Phi) is 3.30. The average Bonchev–Trinajstić information content (AvgIpc) is 2.38. The highest BCUT2D eigenvalue weighted by Crippen LogP contribution is 2.15. The Morgan fingerprint density at radius 1 is 1.29 bits per heavy atom. The van der Waals surface area contributed by atoms with Crippen LogP contribution in [0.25, 0.3) is 11.3 Å². The molecular formula is C12H11N3O2. The fourth-order valence-electron chi connectivity index (χ4n) is 1.35. The third-order valence-corrected chi connectivity index (χ3v) is 2.16. The Balaban J connectivity index is 2.11. The second kappa shape index (κ2) is 5.07. The van der Waals surface area contributed by atoms with Crippen LogP contribution >= 0.6 is 0 Å². The third kappa shape index (κ3) is 3.01. The number of carbonyl (C=O) groups excluding carboxylic acids is 1. The van der Waals surface area contributed by atoms with Crippen LogP contribution in [-0.4, -0.2) is 16.1 Å². The number of nitrogens with two attached hydrogens (primary N) is 1. The van der Waals surface area contributed by atoms with E-state index in [2.05, 4.69) is 14.7 Å². The maximum absolute atomic E-state index is 10.4. The topological polar surface area (TPSA) is 78.1 Å². The highest BCUT2D eigenvalue weighted by atomic mass is 16.5. The summed E-state index contributed by atoms with van der Waals surface area (Å²) in [5.74, 6) is 0. The second-order valence-corrected chi connectivity index (χ2v) is 3.40. The Morgan fingerprint density at radius 2 is 2.18 bits per heavy atom. The van der Waals surface area contributed by atoms with Gasteiger partial charge < -0.3 is 10.5 Å². The molecule has 2 rings (SSSR count). The zero-order valence-electron chi connectivity index (χ0n) is 9.04. The molecule has 0 aliphatic carbocycles. The van der Waals surface area contributed by atoms with Crippen molar-refractivity contribution >= 4 is 6.09 Å². The van der Waals surface area contributed by atoms with Crippen LogP contribution in [0.1, 0.15) is 5.56 Å². The smallest absolute Gasteiger partial charge is 0.404 e. The number of nitrogens with zero attached hydrogens (tertiary/aromatic N) is 2. The van der Waals surface area contributed by atoms with Gasteiger partial charge in [0.05, 0.1) is 5.69 Å². The van der Waals surface area contributed by atoms with Gasteiger partial charge in [0.1, 0.15) is 6.61 Å². The molecule has 2 aromatic heterocycles. The molecule has 0 unspecified atom stereocenters. The van der Waals surface area contributed by atoms with Gasteiger partial charge in [0.2, 0.25) is 0 Å². The summed E-state index contributed by atoms with van der Waals surface area (Å²) < 4.78 is 4.66. The van der Waals surface area contributed by atoms with E-state index in [0.717, 1.165) is 16.8 Å². The summed E-state index contributed by atoms with van der Waals surface area (Å²) in [5.41, 5.74) is 7.42. The van der Waals surface area contributed by atoms with E-state index in [1.165, 1.54) is 0 Å². The van der Waals surface area contributed by atoms with Crippen molar-refractivity contribution in [3.05, 3.63) is 48.4 Å². The number of carbonyl (C=O) groups is 1. The van der Waals surface area contributed by atoms with Crippen molar-refractivity contribution in [2.24, 2.45) is 5.73 Å². The molecule has 0 atom stereocenters. The van der Waals surface area contributed by atoms with Gasteiger partial charge in [-0.3, -0.25) is 9.97 Å². The predicted octanol–water partition coefficient (Wildman–Crippen LogP) is 1.74. The lowest BCUT2D eigenvalue weighted by molar-refractivity contribution is 0.150. The molecule has 0 saturated carbocycles. The van der Waals surface area contributed by atoms with Crippen molar-refractivity contribution in [1.82, 2.24) is 9.97 Å². The number of amides is 1. The first-order valence-electron chi connectivity index (χ1n) is 5.03. The minimum absolute atomic E-state index is 0.135. The number of hydrogen-bond donors (Lipinski definition) is 1. The van der Waals surface area contributed by atoms with E-state index >= 15 is 0 Å². The Labute approximate surface area is 98.3 Å². The maximum Gasteiger partial charge on any atom is 0.404 e. The molecule has 0 radical (unpaired) electrons. The largest absolute Gasteiger partial charge is 0.445 e. The molecule has 1 amide bonds. The van der Waals surface area contributed by atoms with Crippen LogP contribution in [0, 0.1) is 0 Å². The van der Waals surface area contributed by atoms with Gasteiger partial charge in [-0.25, -0.2) is 4.79 Å². The second-order valence-electron chi connectivity index (χ2n) is 3.40. The van der Waals surface area contributed by atoms with E-state index in [9.17, 15) is 4.79 Å². The van der Waals surface area contributed by atoms with E-state index in [0.29, 0.717) is 0 Å². The van der Waals surface area contributed by atoms with Crippen LogP contribution in [0.4, 0.5) is 4.79 Å². The fraction of sp³-hybridized carbons (Fsp3) is 0.0833. The number of aromatic nitrogens is 2. The van der Waals surface area contributed by atoms with Crippen LogP contribution in [0.15, 0.2) is 42.9 Å². The van der Waals surface area contributed by atoms with E-state index < -0.39 is 6.09 Å². The predicted molar refractivity (Wildman–Crippen MR) is 61.8 cm³/mol. The summed E-state index contributed by atoms with van der Waals surface area (Å²) in [6.45, 7) is 0.135. The summed E-state index contributed by atoms with van der Waals surface area (Å²) in [7, 11) is 0. The summed E-state index contributed by atoms with van der Waals surface area (Å²) in [5, 5.41) is 0. The minimum Gasteiger partial charge on any atom is -0.445 e. The first-order valence-corrected chi connectivity index (χ1v) is 5.03. The SMILES string of the molecule is NC(=O)OCc1ccc(-c2cccnc2)nc1. The summed E-state index contributed by atoms with van der Waals surface area (Å²) in [4.78, 5) is 18.7. The molecule has 0 bridgehead atoms. The Hall–Kier alpha value is -2.43. The van der Waals surface area contributed by atoms with Crippen molar-refractivity contribution in [3.8, 4) is 11.3 Å². The number of rotatable bonds is 3. The maximum atomic E-state index is 10.4. The van der Waals surface area contributed by atoms with Crippen LogP contribution < -0.4 is 5.73 Å². The third-order valence-electron chi connectivity index (χ3n) is 2.16. The normalized spacial score (nSPS) is 9.88. The van der Waals surface area contributed by atoms with Crippen molar-refractivity contribution in [2.45, 2.75) is 6.61 Å². The highest BCUT2D eigenvalue weighted by molar-refractivity contribution is 5.64. The van der Waals surface area contributed by atoms with Crippen LogP contribution in [0.5, 0.6) is 0 Å². The Morgan fingerprint density at radius 3 is 2.76 bits per heavy atom. The highest BCUT2D eigenvalue weighted by Gasteiger charge is 2.00. The monoisotopic (exact) mass is 229 g/mol. The van der Waals surface area contributed by atoms with Gasteiger partial charge in [0.15, 0.2) is 0 Å². The molecule has 0 aromatic carbocycles. The van der Waals surface area contributed by atoms with Gasteiger partial charge in [-0.2, -0.15) is 0 Å². The van der Waals surface area contributed by atoms with Gasteiger partial charge in [0.25, 0.3) is 0 Å². The van der Waals surface area contributed by atoms with Gasteiger partial charge in [-0.1, -0.05) is 6.07 Å². The molecular weight excluding hydrogens is 218 g/mol.